The highest BCUT2D eigenvalue weighted by molar-refractivity contribution is 5.75. The molecule has 4 heteroatoms. The lowest BCUT2D eigenvalue weighted by Gasteiger charge is -2.05. The topological polar surface area (TPSA) is 52.1 Å². The van der Waals surface area contributed by atoms with E-state index in [9.17, 15) is 10.4 Å². The maximum atomic E-state index is 11.8. The standard InChI is InChI=1S/C20H24N2O2/c23-21(17-19-11-5-3-6-12-19)15-9-1-2-10-16-22(24)18-20-13-7-4-8-14-20/h3-8,11-14,17-18H,1-2,9-10,15-16H2. The van der Waals surface area contributed by atoms with Gasteiger partial charge in [0.05, 0.1) is 0 Å². The summed E-state index contributed by atoms with van der Waals surface area (Å²) in [5.74, 6) is 0. The zero-order chi connectivity index (χ0) is 17.0. The van der Waals surface area contributed by atoms with E-state index in [0.717, 1.165) is 46.3 Å². The van der Waals surface area contributed by atoms with Gasteiger partial charge < -0.3 is 10.4 Å². The number of hydroxylamine groups is 2. The van der Waals surface area contributed by atoms with Crippen molar-refractivity contribution in [3.05, 3.63) is 82.2 Å². The van der Waals surface area contributed by atoms with Gasteiger partial charge in [-0.2, -0.15) is 0 Å². The lowest BCUT2D eigenvalue weighted by atomic mass is 10.2. The zero-order valence-electron chi connectivity index (χ0n) is 13.9. The van der Waals surface area contributed by atoms with Crippen LogP contribution in [0.4, 0.5) is 0 Å². The lowest BCUT2D eigenvalue weighted by molar-refractivity contribution is -0.455. The fraction of sp³-hybridized carbons (Fsp3) is 0.300. The fourth-order valence-corrected chi connectivity index (χ4v) is 2.43. The van der Waals surface area contributed by atoms with Crippen LogP contribution < -0.4 is 0 Å². The first-order valence-corrected chi connectivity index (χ1v) is 8.41. The molecule has 0 saturated heterocycles. The maximum Gasteiger partial charge on any atom is 0.181 e. The summed E-state index contributed by atoms with van der Waals surface area (Å²) in [7, 11) is 0. The van der Waals surface area contributed by atoms with Gasteiger partial charge in [0.1, 0.15) is 0 Å². The predicted molar refractivity (Wildman–Crippen MR) is 98.7 cm³/mol. The van der Waals surface area contributed by atoms with Gasteiger partial charge in [0.2, 0.25) is 0 Å². The van der Waals surface area contributed by atoms with Crippen LogP contribution in [-0.2, 0) is 0 Å². The van der Waals surface area contributed by atoms with Crippen molar-refractivity contribution in [1.29, 1.82) is 0 Å². The molecule has 0 radical (unpaired) electrons. The molecule has 126 valence electrons. The number of rotatable bonds is 9. The van der Waals surface area contributed by atoms with E-state index in [-0.39, 0.29) is 0 Å². The second kappa shape index (κ2) is 10.2. The Hall–Kier alpha value is -2.62. The molecule has 2 aromatic carbocycles. The summed E-state index contributed by atoms with van der Waals surface area (Å²) in [6.45, 7) is 0.984. The van der Waals surface area contributed by atoms with Crippen molar-refractivity contribution in [3.8, 4) is 0 Å². The molecule has 0 fully saturated rings. The van der Waals surface area contributed by atoms with E-state index in [1.165, 1.54) is 0 Å². The molecule has 4 nitrogen and oxygen atoms in total. The summed E-state index contributed by atoms with van der Waals surface area (Å²) in [6.07, 6.45) is 6.84. The average Bonchev–Trinajstić information content (AvgIpc) is 2.60. The van der Waals surface area contributed by atoms with Crippen molar-refractivity contribution in [2.45, 2.75) is 25.7 Å². The molecule has 0 heterocycles. The van der Waals surface area contributed by atoms with Crippen molar-refractivity contribution in [1.82, 2.24) is 0 Å². The van der Waals surface area contributed by atoms with Crippen LogP contribution >= 0.6 is 0 Å². The highest BCUT2D eigenvalue weighted by atomic mass is 16.5. The lowest BCUT2D eigenvalue weighted by Crippen LogP contribution is -2.09. The number of nitrogens with zero attached hydrogens (tertiary/aromatic N) is 2. The Morgan fingerprint density at radius 1 is 0.583 bits per heavy atom. The molecule has 0 atom stereocenters. The van der Waals surface area contributed by atoms with E-state index in [0.29, 0.717) is 13.1 Å². The summed E-state index contributed by atoms with van der Waals surface area (Å²) in [5, 5.41) is 23.5. The van der Waals surface area contributed by atoms with E-state index in [4.69, 9.17) is 0 Å². The van der Waals surface area contributed by atoms with Crippen LogP contribution in [0.2, 0.25) is 0 Å². The highest BCUT2D eigenvalue weighted by Gasteiger charge is 1.99. The smallest absolute Gasteiger partial charge is 0.181 e. The molecule has 0 spiro atoms. The van der Waals surface area contributed by atoms with Crippen molar-refractivity contribution >= 4 is 12.4 Å². The van der Waals surface area contributed by atoms with Gasteiger partial charge in [-0.25, -0.2) is 9.48 Å². The van der Waals surface area contributed by atoms with Crippen LogP contribution in [-0.4, -0.2) is 35.0 Å². The van der Waals surface area contributed by atoms with Gasteiger partial charge in [-0.15, -0.1) is 0 Å². The largest absolute Gasteiger partial charge is 0.624 e. The first-order chi connectivity index (χ1) is 11.7. The molecular weight excluding hydrogens is 300 g/mol. The molecule has 0 bridgehead atoms. The molecular formula is C20H24N2O2. The van der Waals surface area contributed by atoms with Crippen molar-refractivity contribution < 1.29 is 9.48 Å². The van der Waals surface area contributed by atoms with Gasteiger partial charge in [0.15, 0.2) is 25.5 Å². The quantitative estimate of drug-likeness (QED) is 0.232. The van der Waals surface area contributed by atoms with Crippen molar-refractivity contribution in [2.75, 3.05) is 13.1 Å². The Balaban J connectivity index is 1.60. The number of unbranched alkanes of at least 4 members (excludes halogenated alkanes) is 3. The molecule has 0 aliphatic carbocycles. The minimum Gasteiger partial charge on any atom is -0.624 e. The summed E-state index contributed by atoms with van der Waals surface area (Å²) in [6, 6.07) is 19.2. The maximum absolute atomic E-state index is 11.8. The molecule has 2 rings (SSSR count). The second-order valence-electron chi connectivity index (χ2n) is 5.78. The monoisotopic (exact) mass is 324 g/mol. The number of benzene rings is 2. The third-order valence-corrected chi connectivity index (χ3v) is 3.69. The number of hydrogen-bond acceptors (Lipinski definition) is 2. The van der Waals surface area contributed by atoms with E-state index >= 15 is 0 Å². The Kier molecular flexibility index (Phi) is 7.54. The van der Waals surface area contributed by atoms with Gasteiger partial charge in [0, 0.05) is 24.0 Å². The normalized spacial score (nSPS) is 12.3. The Morgan fingerprint density at radius 2 is 0.958 bits per heavy atom. The molecule has 2 aromatic rings. The van der Waals surface area contributed by atoms with Crippen LogP contribution in [0.15, 0.2) is 60.7 Å². The van der Waals surface area contributed by atoms with E-state index in [2.05, 4.69) is 0 Å². The van der Waals surface area contributed by atoms with E-state index < -0.39 is 0 Å². The van der Waals surface area contributed by atoms with Gasteiger partial charge in [-0.1, -0.05) is 36.4 Å². The molecule has 0 aliphatic rings. The summed E-state index contributed by atoms with van der Waals surface area (Å²) < 4.78 is 1.97. The molecule has 24 heavy (non-hydrogen) atoms. The molecule has 0 aromatic heterocycles. The minimum atomic E-state index is 0.492. The minimum absolute atomic E-state index is 0.492. The molecule has 0 unspecified atom stereocenters. The van der Waals surface area contributed by atoms with Gasteiger partial charge >= 0.3 is 0 Å². The first-order valence-electron chi connectivity index (χ1n) is 8.41. The Labute approximate surface area is 143 Å². The van der Waals surface area contributed by atoms with Crippen molar-refractivity contribution in [3.63, 3.8) is 0 Å². The predicted octanol–water partition coefficient (Wildman–Crippen LogP) is 3.81. The Morgan fingerprint density at radius 3 is 1.33 bits per heavy atom. The van der Waals surface area contributed by atoms with Crippen LogP contribution in [0.25, 0.3) is 0 Å². The zero-order valence-corrected chi connectivity index (χ0v) is 13.9. The van der Waals surface area contributed by atoms with Crippen LogP contribution in [0.5, 0.6) is 0 Å². The van der Waals surface area contributed by atoms with E-state index in [1.54, 1.807) is 12.4 Å². The van der Waals surface area contributed by atoms with Gasteiger partial charge in [-0.3, -0.25) is 0 Å². The summed E-state index contributed by atoms with van der Waals surface area (Å²) >= 11 is 0. The van der Waals surface area contributed by atoms with Gasteiger partial charge in [-0.05, 0) is 37.1 Å². The third kappa shape index (κ3) is 7.09. The van der Waals surface area contributed by atoms with E-state index in [1.807, 2.05) is 60.7 Å². The van der Waals surface area contributed by atoms with Crippen molar-refractivity contribution in [2.24, 2.45) is 0 Å². The fourth-order valence-electron chi connectivity index (χ4n) is 2.43. The highest BCUT2D eigenvalue weighted by Crippen LogP contribution is 2.01. The molecule has 0 amide bonds. The third-order valence-electron chi connectivity index (χ3n) is 3.69. The molecule has 0 aliphatic heterocycles. The number of hydrogen-bond donors (Lipinski definition) is 0. The SMILES string of the molecule is [O-][N+](=Cc1ccccc1)CCCCCC[N+]([O-])=Cc1ccccc1. The van der Waals surface area contributed by atoms with Gasteiger partial charge in [0.25, 0.3) is 0 Å². The Bertz CT molecular complexity index is 592. The van der Waals surface area contributed by atoms with Crippen LogP contribution in [0, 0.1) is 10.4 Å². The molecule has 0 saturated carbocycles. The van der Waals surface area contributed by atoms with Crippen LogP contribution in [0.3, 0.4) is 0 Å². The average molecular weight is 324 g/mol. The summed E-state index contributed by atoms with van der Waals surface area (Å²) in [5.41, 5.74) is 1.84. The van der Waals surface area contributed by atoms with Crippen LogP contribution in [0.1, 0.15) is 36.8 Å². The summed E-state index contributed by atoms with van der Waals surface area (Å²) in [4.78, 5) is 0. The molecule has 0 N–H and O–H groups in total. The first kappa shape index (κ1) is 17.7. The second-order valence-corrected chi connectivity index (χ2v) is 5.78.